The molecule has 6 nitrogen and oxygen atoms in total. The van der Waals surface area contributed by atoms with E-state index >= 15 is 0 Å². The Bertz CT molecular complexity index is 905. The summed E-state index contributed by atoms with van der Waals surface area (Å²) in [5, 5.41) is 4.49. The van der Waals surface area contributed by atoms with Gasteiger partial charge in [0.1, 0.15) is 23.7 Å². The molecular weight excluding hydrogens is 316 g/mol. The van der Waals surface area contributed by atoms with E-state index in [1.54, 1.807) is 28.0 Å². The highest BCUT2D eigenvalue weighted by Crippen LogP contribution is 2.22. The zero-order valence-electron chi connectivity index (χ0n) is 13.9. The minimum atomic E-state index is -0.0582. The van der Waals surface area contributed by atoms with E-state index in [-0.39, 0.29) is 5.91 Å². The van der Waals surface area contributed by atoms with Gasteiger partial charge in [-0.15, -0.1) is 0 Å². The maximum Gasteiger partial charge on any atom is 0.276 e. The maximum atomic E-state index is 12.8. The molecule has 0 N–H and O–H groups in total. The highest BCUT2D eigenvalue weighted by atomic mass is 16.5. The van der Waals surface area contributed by atoms with E-state index < -0.39 is 0 Å². The van der Waals surface area contributed by atoms with Crippen LogP contribution in [0.5, 0.6) is 5.75 Å². The number of aryl methyl sites for hydroxylation is 1. The smallest absolute Gasteiger partial charge is 0.276 e. The van der Waals surface area contributed by atoms with Crippen molar-refractivity contribution in [2.75, 3.05) is 11.4 Å². The highest BCUT2D eigenvalue weighted by Gasteiger charge is 2.27. The van der Waals surface area contributed by atoms with Gasteiger partial charge in [-0.3, -0.25) is 14.5 Å². The number of nitrogens with zero attached hydrogens (tertiary/aromatic N) is 4. The van der Waals surface area contributed by atoms with E-state index in [2.05, 4.69) is 10.1 Å². The first-order valence-electron chi connectivity index (χ1n) is 8.19. The van der Waals surface area contributed by atoms with Crippen LogP contribution < -0.4 is 9.64 Å². The Morgan fingerprint density at radius 3 is 2.76 bits per heavy atom. The number of hydrogen-bond acceptors (Lipinski definition) is 4. The monoisotopic (exact) mass is 334 g/mol. The average Bonchev–Trinajstić information content (AvgIpc) is 3.05. The number of hydrogen-bond donors (Lipinski definition) is 0. The number of para-hydroxylation sites is 1. The fraction of sp³-hybridized carbons (Fsp3) is 0.211. The second kappa shape index (κ2) is 6.39. The van der Waals surface area contributed by atoms with Gasteiger partial charge in [0.2, 0.25) is 0 Å². The molecule has 2 aromatic heterocycles. The fourth-order valence-electron chi connectivity index (χ4n) is 2.92. The van der Waals surface area contributed by atoms with Crippen LogP contribution in [0.25, 0.3) is 0 Å². The van der Waals surface area contributed by atoms with Crippen LogP contribution >= 0.6 is 0 Å². The van der Waals surface area contributed by atoms with Gasteiger partial charge in [0.25, 0.3) is 5.91 Å². The number of ether oxygens (including phenoxy) is 1. The molecule has 4 rings (SSSR count). The Labute approximate surface area is 145 Å². The fourth-order valence-corrected chi connectivity index (χ4v) is 2.92. The third-order valence-electron chi connectivity index (χ3n) is 4.13. The molecule has 25 heavy (non-hydrogen) atoms. The van der Waals surface area contributed by atoms with Crippen molar-refractivity contribution < 1.29 is 9.53 Å². The summed E-state index contributed by atoms with van der Waals surface area (Å²) < 4.78 is 7.48. The third-order valence-corrected chi connectivity index (χ3v) is 4.13. The third kappa shape index (κ3) is 3.10. The van der Waals surface area contributed by atoms with E-state index in [0.29, 0.717) is 25.4 Å². The molecule has 0 saturated heterocycles. The van der Waals surface area contributed by atoms with Crippen LogP contribution in [0.1, 0.15) is 21.7 Å². The van der Waals surface area contributed by atoms with Gasteiger partial charge in [-0.2, -0.15) is 5.10 Å². The lowest BCUT2D eigenvalue weighted by Gasteiger charge is -2.27. The van der Waals surface area contributed by atoms with E-state index in [1.165, 1.54) is 0 Å². The number of anilines is 1. The summed E-state index contributed by atoms with van der Waals surface area (Å²) in [5.41, 5.74) is 3.18. The molecular formula is C19H18N4O2. The van der Waals surface area contributed by atoms with E-state index in [4.69, 9.17) is 4.74 Å². The molecule has 126 valence electrons. The molecule has 1 aliphatic heterocycles. The van der Waals surface area contributed by atoms with E-state index in [9.17, 15) is 4.79 Å². The second-order valence-electron chi connectivity index (χ2n) is 6.02. The lowest BCUT2D eigenvalue weighted by atomic mass is 10.2. The van der Waals surface area contributed by atoms with Gasteiger partial charge < -0.3 is 9.64 Å². The van der Waals surface area contributed by atoms with Crippen LogP contribution in [-0.2, 0) is 13.2 Å². The SMILES string of the molecule is Cc1cncc(N2CCn3nc(COc4ccccc4)cc3C2=O)c1. The molecule has 3 heterocycles. The number of aromatic nitrogens is 3. The molecule has 3 aromatic rings. The second-order valence-corrected chi connectivity index (χ2v) is 6.02. The van der Waals surface area contributed by atoms with Crippen molar-refractivity contribution in [3.8, 4) is 5.75 Å². The number of amides is 1. The largest absolute Gasteiger partial charge is 0.487 e. The predicted octanol–water partition coefficient (Wildman–Crippen LogP) is 2.83. The standard InChI is InChI=1S/C19H18N4O2/c1-14-9-16(12-20-11-14)22-7-8-23-18(19(22)24)10-15(21-23)13-25-17-5-3-2-4-6-17/h2-6,9-12H,7-8,13H2,1H3. The molecule has 0 spiro atoms. The first kappa shape index (κ1) is 15.4. The Morgan fingerprint density at radius 1 is 1.12 bits per heavy atom. The van der Waals surface area contributed by atoms with Gasteiger partial charge in [0.05, 0.1) is 18.4 Å². The first-order valence-corrected chi connectivity index (χ1v) is 8.19. The Hall–Kier alpha value is -3.15. The molecule has 0 fully saturated rings. The lowest BCUT2D eigenvalue weighted by molar-refractivity contribution is 0.0962. The van der Waals surface area contributed by atoms with Gasteiger partial charge in [-0.05, 0) is 36.8 Å². The van der Waals surface area contributed by atoms with Crippen LogP contribution in [0.15, 0.2) is 54.9 Å². The zero-order valence-corrected chi connectivity index (χ0v) is 13.9. The average molecular weight is 334 g/mol. The predicted molar refractivity (Wildman–Crippen MR) is 93.7 cm³/mol. The van der Waals surface area contributed by atoms with Gasteiger partial charge >= 0.3 is 0 Å². The summed E-state index contributed by atoms with van der Waals surface area (Å²) in [4.78, 5) is 18.7. The van der Waals surface area contributed by atoms with Crippen molar-refractivity contribution in [3.63, 3.8) is 0 Å². The molecule has 0 atom stereocenters. The first-order chi connectivity index (χ1) is 12.2. The molecule has 0 bridgehead atoms. The number of carbonyl (C=O) groups is 1. The summed E-state index contributed by atoms with van der Waals surface area (Å²) in [6.07, 6.45) is 3.50. The van der Waals surface area contributed by atoms with Crippen molar-refractivity contribution >= 4 is 11.6 Å². The topological polar surface area (TPSA) is 60.3 Å². The number of pyridine rings is 1. The number of fused-ring (bicyclic) bond motifs is 1. The molecule has 1 amide bonds. The van der Waals surface area contributed by atoms with Gasteiger partial charge in [0, 0.05) is 12.7 Å². The number of rotatable bonds is 4. The quantitative estimate of drug-likeness (QED) is 0.736. The molecule has 0 radical (unpaired) electrons. The zero-order chi connectivity index (χ0) is 17.2. The minimum Gasteiger partial charge on any atom is -0.487 e. The summed E-state index contributed by atoms with van der Waals surface area (Å²) in [6, 6.07) is 13.4. The summed E-state index contributed by atoms with van der Waals surface area (Å²) in [6.45, 7) is 3.54. The van der Waals surface area contributed by atoms with Crippen LogP contribution in [0, 0.1) is 6.92 Å². The summed E-state index contributed by atoms with van der Waals surface area (Å²) >= 11 is 0. The summed E-state index contributed by atoms with van der Waals surface area (Å²) in [7, 11) is 0. The van der Waals surface area contributed by atoms with Gasteiger partial charge in [-0.1, -0.05) is 18.2 Å². The Balaban J connectivity index is 1.53. The highest BCUT2D eigenvalue weighted by molar-refractivity contribution is 6.05. The molecule has 0 saturated carbocycles. The van der Waals surface area contributed by atoms with Crippen molar-refractivity contribution in [1.29, 1.82) is 0 Å². The lowest BCUT2D eigenvalue weighted by Crippen LogP contribution is -2.40. The molecule has 6 heteroatoms. The Morgan fingerprint density at radius 2 is 1.96 bits per heavy atom. The maximum absolute atomic E-state index is 12.8. The number of benzene rings is 1. The normalized spacial score (nSPS) is 13.6. The van der Waals surface area contributed by atoms with Crippen molar-refractivity contribution in [2.24, 2.45) is 0 Å². The van der Waals surface area contributed by atoms with Crippen LogP contribution in [0.3, 0.4) is 0 Å². The number of carbonyl (C=O) groups excluding carboxylic acids is 1. The molecule has 0 aliphatic carbocycles. The van der Waals surface area contributed by atoms with Crippen molar-refractivity contribution in [1.82, 2.24) is 14.8 Å². The van der Waals surface area contributed by atoms with Crippen molar-refractivity contribution in [2.45, 2.75) is 20.1 Å². The Kier molecular flexibility index (Phi) is 3.93. The van der Waals surface area contributed by atoms with Gasteiger partial charge in [0.15, 0.2) is 0 Å². The summed E-state index contributed by atoms with van der Waals surface area (Å²) in [5.74, 6) is 0.726. The van der Waals surface area contributed by atoms with Crippen LogP contribution in [0.2, 0.25) is 0 Å². The molecule has 1 aromatic carbocycles. The van der Waals surface area contributed by atoms with Gasteiger partial charge in [-0.25, -0.2) is 0 Å². The molecule has 0 unspecified atom stereocenters. The minimum absolute atomic E-state index is 0.0582. The van der Waals surface area contributed by atoms with E-state index in [0.717, 1.165) is 22.7 Å². The van der Waals surface area contributed by atoms with Crippen LogP contribution in [-0.4, -0.2) is 27.2 Å². The molecule has 1 aliphatic rings. The van der Waals surface area contributed by atoms with E-state index in [1.807, 2.05) is 43.3 Å². The van der Waals surface area contributed by atoms with Crippen LogP contribution in [0.4, 0.5) is 5.69 Å². The van der Waals surface area contributed by atoms with Crippen molar-refractivity contribution in [3.05, 3.63) is 71.8 Å².